The van der Waals surface area contributed by atoms with Crippen molar-refractivity contribution in [2.24, 2.45) is 0 Å². The second kappa shape index (κ2) is 7.06. The Morgan fingerprint density at radius 2 is 2.15 bits per heavy atom. The summed E-state index contributed by atoms with van der Waals surface area (Å²) in [5.74, 6) is -0.00741. The first kappa shape index (κ1) is 14.5. The molecule has 0 aliphatic heterocycles. The van der Waals surface area contributed by atoms with E-state index in [1.807, 2.05) is 12.1 Å². The third-order valence-corrected chi connectivity index (χ3v) is 3.69. The van der Waals surface area contributed by atoms with Crippen molar-refractivity contribution in [1.82, 2.24) is 4.90 Å². The number of ether oxygens (including phenoxy) is 1. The summed E-state index contributed by atoms with van der Waals surface area (Å²) in [6.07, 6.45) is 3.70. The van der Waals surface area contributed by atoms with E-state index in [1.165, 1.54) is 17.5 Å². The predicted octanol–water partition coefficient (Wildman–Crippen LogP) is 2.18. The van der Waals surface area contributed by atoms with Gasteiger partial charge in [0.15, 0.2) is 0 Å². The molecule has 106 valence electrons. The molecule has 1 aromatic carbocycles. The zero-order chi connectivity index (χ0) is 14.4. The van der Waals surface area contributed by atoms with Gasteiger partial charge in [0, 0.05) is 25.8 Å². The Morgan fingerprint density at radius 3 is 2.90 bits per heavy atom. The van der Waals surface area contributed by atoms with Crippen molar-refractivity contribution in [3.8, 4) is 6.07 Å². The summed E-state index contributed by atoms with van der Waals surface area (Å²) in [6.45, 7) is 1.46. The quantitative estimate of drug-likeness (QED) is 0.797. The maximum atomic E-state index is 12.5. The molecule has 4 nitrogen and oxygen atoms in total. The van der Waals surface area contributed by atoms with Gasteiger partial charge in [0.2, 0.25) is 0 Å². The Kier molecular flexibility index (Phi) is 5.14. The number of hydrogen-bond acceptors (Lipinski definition) is 3. The average molecular weight is 272 g/mol. The molecule has 0 bridgehead atoms. The molecule has 1 amide bonds. The van der Waals surface area contributed by atoms with E-state index in [0.29, 0.717) is 26.1 Å². The number of fused-ring (bicyclic) bond motifs is 1. The van der Waals surface area contributed by atoms with Gasteiger partial charge in [-0.25, -0.2) is 0 Å². The Labute approximate surface area is 120 Å². The maximum absolute atomic E-state index is 12.5. The van der Waals surface area contributed by atoms with E-state index in [1.54, 1.807) is 12.0 Å². The first-order valence-electron chi connectivity index (χ1n) is 7.03. The smallest absolute Gasteiger partial charge is 0.253 e. The van der Waals surface area contributed by atoms with Crippen molar-refractivity contribution in [1.29, 1.82) is 5.26 Å². The second-order valence-electron chi connectivity index (χ2n) is 5.03. The van der Waals surface area contributed by atoms with E-state index in [4.69, 9.17) is 10.00 Å². The SMILES string of the molecule is COCCN(CCC#N)C(=O)c1ccc2c(c1)CCC2. The molecule has 0 fully saturated rings. The van der Waals surface area contributed by atoms with Gasteiger partial charge in [-0.3, -0.25) is 4.79 Å². The molecule has 2 rings (SSSR count). The highest BCUT2D eigenvalue weighted by atomic mass is 16.5. The van der Waals surface area contributed by atoms with Crippen LogP contribution in [0.1, 0.15) is 34.3 Å². The largest absolute Gasteiger partial charge is 0.383 e. The summed E-state index contributed by atoms with van der Waals surface area (Å²) in [6, 6.07) is 8.06. The number of benzene rings is 1. The summed E-state index contributed by atoms with van der Waals surface area (Å²) in [5, 5.41) is 8.70. The van der Waals surface area contributed by atoms with Crippen LogP contribution in [0.2, 0.25) is 0 Å². The van der Waals surface area contributed by atoms with Crippen LogP contribution in [-0.2, 0) is 17.6 Å². The molecule has 0 saturated carbocycles. The number of nitrogens with zero attached hydrogens (tertiary/aromatic N) is 2. The predicted molar refractivity (Wildman–Crippen MR) is 76.5 cm³/mol. The van der Waals surface area contributed by atoms with Crippen LogP contribution in [0.4, 0.5) is 0 Å². The Balaban J connectivity index is 2.11. The number of aryl methyl sites for hydroxylation is 2. The lowest BCUT2D eigenvalue weighted by Crippen LogP contribution is -2.34. The van der Waals surface area contributed by atoms with E-state index in [0.717, 1.165) is 18.4 Å². The summed E-state index contributed by atoms with van der Waals surface area (Å²) in [7, 11) is 1.61. The van der Waals surface area contributed by atoms with Crippen LogP contribution in [0.3, 0.4) is 0 Å². The Bertz CT molecular complexity index is 520. The number of hydrogen-bond donors (Lipinski definition) is 0. The number of amides is 1. The monoisotopic (exact) mass is 272 g/mol. The normalized spacial score (nSPS) is 12.8. The first-order chi connectivity index (χ1) is 9.76. The molecule has 0 heterocycles. The highest BCUT2D eigenvalue weighted by Gasteiger charge is 2.18. The number of rotatable bonds is 6. The summed E-state index contributed by atoms with van der Waals surface area (Å²) in [4.78, 5) is 14.2. The Hall–Kier alpha value is -1.86. The highest BCUT2D eigenvalue weighted by Crippen LogP contribution is 2.23. The van der Waals surface area contributed by atoms with E-state index >= 15 is 0 Å². The molecular formula is C16H20N2O2. The minimum atomic E-state index is -0.00741. The van der Waals surface area contributed by atoms with Gasteiger partial charge in [0.05, 0.1) is 19.1 Å². The number of methoxy groups -OCH3 is 1. The standard InChI is InChI=1S/C16H20N2O2/c1-20-11-10-18(9-3-8-17)16(19)15-7-6-13-4-2-5-14(13)12-15/h6-7,12H,2-5,9-11H2,1H3. The van der Waals surface area contributed by atoms with Crippen LogP contribution in [0.5, 0.6) is 0 Å². The fourth-order valence-corrected chi connectivity index (χ4v) is 2.59. The molecule has 4 heteroatoms. The first-order valence-corrected chi connectivity index (χ1v) is 7.03. The third kappa shape index (κ3) is 3.37. The topological polar surface area (TPSA) is 53.3 Å². The number of nitriles is 1. The van der Waals surface area contributed by atoms with Crippen molar-refractivity contribution in [3.63, 3.8) is 0 Å². The van der Waals surface area contributed by atoms with Gasteiger partial charge < -0.3 is 9.64 Å². The van der Waals surface area contributed by atoms with Crippen molar-refractivity contribution in [3.05, 3.63) is 34.9 Å². The highest BCUT2D eigenvalue weighted by molar-refractivity contribution is 5.94. The van der Waals surface area contributed by atoms with E-state index in [-0.39, 0.29) is 5.91 Å². The number of carbonyl (C=O) groups excluding carboxylic acids is 1. The summed E-state index contributed by atoms with van der Waals surface area (Å²) >= 11 is 0. The zero-order valence-electron chi connectivity index (χ0n) is 11.9. The molecule has 1 aliphatic rings. The van der Waals surface area contributed by atoms with Crippen LogP contribution in [0, 0.1) is 11.3 Å². The second-order valence-corrected chi connectivity index (χ2v) is 5.03. The van der Waals surface area contributed by atoms with E-state index < -0.39 is 0 Å². The van der Waals surface area contributed by atoms with Gasteiger partial charge in [0.1, 0.15) is 0 Å². The third-order valence-electron chi connectivity index (χ3n) is 3.69. The summed E-state index contributed by atoms with van der Waals surface area (Å²) in [5.41, 5.74) is 3.38. The Morgan fingerprint density at radius 1 is 1.35 bits per heavy atom. The minimum Gasteiger partial charge on any atom is -0.383 e. The molecule has 1 aliphatic carbocycles. The van der Waals surface area contributed by atoms with Gasteiger partial charge in [-0.05, 0) is 42.5 Å². The van der Waals surface area contributed by atoms with Crippen LogP contribution in [0.15, 0.2) is 18.2 Å². The zero-order valence-corrected chi connectivity index (χ0v) is 11.9. The molecule has 0 aromatic heterocycles. The lowest BCUT2D eigenvalue weighted by Gasteiger charge is -2.21. The molecule has 20 heavy (non-hydrogen) atoms. The molecule has 0 radical (unpaired) electrons. The minimum absolute atomic E-state index is 0.00741. The number of carbonyl (C=O) groups is 1. The van der Waals surface area contributed by atoms with Crippen molar-refractivity contribution < 1.29 is 9.53 Å². The van der Waals surface area contributed by atoms with Crippen molar-refractivity contribution in [2.45, 2.75) is 25.7 Å². The lowest BCUT2D eigenvalue weighted by atomic mass is 10.1. The molecular weight excluding hydrogens is 252 g/mol. The van der Waals surface area contributed by atoms with E-state index in [9.17, 15) is 4.79 Å². The van der Waals surface area contributed by atoms with Crippen LogP contribution in [0.25, 0.3) is 0 Å². The fourth-order valence-electron chi connectivity index (χ4n) is 2.59. The molecule has 0 unspecified atom stereocenters. The van der Waals surface area contributed by atoms with Crippen molar-refractivity contribution in [2.75, 3.05) is 26.8 Å². The van der Waals surface area contributed by atoms with Gasteiger partial charge in [0.25, 0.3) is 5.91 Å². The fraction of sp³-hybridized carbons (Fsp3) is 0.500. The van der Waals surface area contributed by atoms with Crippen molar-refractivity contribution >= 4 is 5.91 Å². The van der Waals surface area contributed by atoms with E-state index in [2.05, 4.69) is 12.1 Å². The van der Waals surface area contributed by atoms with Crippen LogP contribution < -0.4 is 0 Å². The van der Waals surface area contributed by atoms with Gasteiger partial charge >= 0.3 is 0 Å². The van der Waals surface area contributed by atoms with Gasteiger partial charge in [-0.15, -0.1) is 0 Å². The molecule has 0 saturated heterocycles. The van der Waals surface area contributed by atoms with Gasteiger partial charge in [-0.1, -0.05) is 6.07 Å². The summed E-state index contributed by atoms with van der Waals surface area (Å²) < 4.78 is 5.04. The molecule has 0 spiro atoms. The molecule has 1 aromatic rings. The lowest BCUT2D eigenvalue weighted by molar-refractivity contribution is 0.0700. The average Bonchev–Trinajstić information content (AvgIpc) is 2.94. The molecule has 0 atom stereocenters. The maximum Gasteiger partial charge on any atom is 0.253 e. The van der Waals surface area contributed by atoms with Crippen LogP contribution >= 0.6 is 0 Å². The molecule has 0 N–H and O–H groups in total. The van der Waals surface area contributed by atoms with Gasteiger partial charge in [-0.2, -0.15) is 5.26 Å². The van der Waals surface area contributed by atoms with Crippen LogP contribution in [-0.4, -0.2) is 37.6 Å².